The molecule has 0 aliphatic rings. The number of benzene rings is 3. The third-order valence-corrected chi connectivity index (χ3v) is 6.68. The summed E-state index contributed by atoms with van der Waals surface area (Å²) in [6.45, 7) is 0. The van der Waals surface area contributed by atoms with Gasteiger partial charge in [-0.2, -0.15) is 13.2 Å². The van der Waals surface area contributed by atoms with Crippen molar-refractivity contribution < 1.29 is 27.4 Å². The average Bonchev–Trinajstić information content (AvgIpc) is 2.72. The van der Waals surface area contributed by atoms with E-state index in [2.05, 4.69) is 0 Å². The minimum absolute atomic E-state index is 0.0828. The van der Waals surface area contributed by atoms with Crippen LogP contribution in [0.1, 0.15) is 11.7 Å². The van der Waals surface area contributed by atoms with Crippen LogP contribution in [0.3, 0.4) is 0 Å². The Balaban J connectivity index is 2.12. The molecule has 0 saturated carbocycles. The number of hydrogen-bond acceptors (Lipinski definition) is 3. The largest absolute Gasteiger partial charge is 0.417 e. The van der Waals surface area contributed by atoms with Crippen LogP contribution in [0, 0.1) is 0 Å². The summed E-state index contributed by atoms with van der Waals surface area (Å²) in [6, 6.07) is 23.6. The molecule has 2 unspecified atom stereocenters. The van der Waals surface area contributed by atoms with Crippen molar-refractivity contribution in [3.63, 3.8) is 0 Å². The summed E-state index contributed by atoms with van der Waals surface area (Å²) < 4.78 is 59.6. The molecule has 3 aromatic rings. The van der Waals surface area contributed by atoms with Crippen molar-refractivity contribution in [3.05, 3.63) is 96.6 Å². The lowest BCUT2D eigenvalue weighted by Gasteiger charge is -2.30. The van der Waals surface area contributed by atoms with Crippen LogP contribution in [0.15, 0.2) is 91.0 Å². The second-order valence-electron chi connectivity index (χ2n) is 6.15. The van der Waals surface area contributed by atoms with Crippen LogP contribution < -0.4 is 10.6 Å². The maximum absolute atomic E-state index is 13.9. The van der Waals surface area contributed by atoms with Crippen LogP contribution in [0.25, 0.3) is 0 Å². The number of halogens is 3. The molecule has 0 heterocycles. The molecule has 3 aromatic carbocycles. The second kappa shape index (κ2) is 8.31. The number of aliphatic hydroxyl groups is 1. The molecule has 7 heteroatoms. The van der Waals surface area contributed by atoms with Gasteiger partial charge in [-0.1, -0.05) is 66.7 Å². The van der Waals surface area contributed by atoms with E-state index < -0.39 is 25.8 Å². The van der Waals surface area contributed by atoms with Gasteiger partial charge in [0, 0.05) is 10.6 Å². The van der Waals surface area contributed by atoms with Gasteiger partial charge < -0.3 is 9.63 Å². The summed E-state index contributed by atoms with van der Waals surface area (Å²) in [4.78, 5) is 0. The van der Waals surface area contributed by atoms with Gasteiger partial charge in [-0.3, -0.25) is 4.57 Å². The Morgan fingerprint density at radius 3 is 1.54 bits per heavy atom. The summed E-state index contributed by atoms with van der Waals surface area (Å²) >= 11 is 0. The highest BCUT2D eigenvalue weighted by Crippen LogP contribution is 2.51. The zero-order chi connectivity index (χ0) is 20.2. The molecule has 0 bridgehead atoms. The Bertz CT molecular complexity index is 888. The summed E-state index contributed by atoms with van der Waals surface area (Å²) in [7, 11) is -3.93. The molecule has 0 saturated heterocycles. The van der Waals surface area contributed by atoms with Crippen molar-refractivity contribution in [2.45, 2.75) is 18.4 Å². The zero-order valence-corrected chi connectivity index (χ0v) is 15.6. The Morgan fingerprint density at radius 1 is 0.750 bits per heavy atom. The van der Waals surface area contributed by atoms with E-state index in [1.165, 1.54) is 48.5 Å². The van der Waals surface area contributed by atoms with Crippen LogP contribution in [-0.4, -0.2) is 17.4 Å². The fraction of sp³-hybridized carbons (Fsp3) is 0.143. The molecule has 0 spiro atoms. The lowest BCUT2D eigenvalue weighted by molar-refractivity contribution is -0.227. The van der Waals surface area contributed by atoms with Gasteiger partial charge >= 0.3 is 6.18 Å². The molecule has 1 N–H and O–H groups in total. The number of hydrogen-bond donors (Lipinski definition) is 1. The zero-order valence-electron chi connectivity index (χ0n) is 14.7. The molecular weight excluding hydrogens is 388 g/mol. The highest BCUT2D eigenvalue weighted by Gasteiger charge is 2.47. The van der Waals surface area contributed by atoms with Gasteiger partial charge in [0.05, 0.1) is 0 Å². The predicted octanol–water partition coefficient (Wildman–Crippen LogP) is 4.60. The van der Waals surface area contributed by atoms with Crippen LogP contribution in [0.2, 0.25) is 0 Å². The molecule has 0 radical (unpaired) electrons. The minimum Gasteiger partial charge on any atom is -0.381 e. The molecular formula is C21H18F3O3P. The fourth-order valence-electron chi connectivity index (χ4n) is 2.79. The summed E-state index contributed by atoms with van der Waals surface area (Å²) in [6.07, 6.45) is -9.64. The van der Waals surface area contributed by atoms with E-state index in [9.17, 15) is 22.8 Å². The molecule has 3 nitrogen and oxygen atoms in total. The van der Waals surface area contributed by atoms with Crippen molar-refractivity contribution in [2.24, 2.45) is 0 Å². The highest BCUT2D eigenvalue weighted by molar-refractivity contribution is 7.74. The quantitative estimate of drug-likeness (QED) is 0.609. The van der Waals surface area contributed by atoms with Crippen molar-refractivity contribution in [3.8, 4) is 0 Å². The Hall–Kier alpha value is -2.40. The molecule has 146 valence electrons. The van der Waals surface area contributed by atoms with Gasteiger partial charge in [-0.15, -0.1) is 0 Å². The van der Waals surface area contributed by atoms with Crippen molar-refractivity contribution in [1.82, 2.24) is 0 Å². The van der Waals surface area contributed by atoms with Gasteiger partial charge in [0.1, 0.15) is 6.10 Å². The van der Waals surface area contributed by atoms with Crippen LogP contribution in [0.4, 0.5) is 13.2 Å². The first-order valence-corrected chi connectivity index (χ1v) is 10.1. The van der Waals surface area contributed by atoms with E-state index >= 15 is 0 Å². The first-order valence-electron chi connectivity index (χ1n) is 8.52. The number of alkyl halides is 3. The molecule has 3 rings (SSSR count). The maximum atomic E-state index is 13.9. The van der Waals surface area contributed by atoms with E-state index in [0.29, 0.717) is 0 Å². The molecule has 0 aromatic heterocycles. The second-order valence-corrected chi connectivity index (χ2v) is 8.49. The van der Waals surface area contributed by atoms with Crippen LogP contribution in [0.5, 0.6) is 0 Å². The van der Waals surface area contributed by atoms with E-state index in [4.69, 9.17) is 4.52 Å². The first-order chi connectivity index (χ1) is 13.3. The Labute approximate surface area is 160 Å². The molecule has 0 fully saturated rings. The molecule has 0 aliphatic heterocycles. The average molecular weight is 406 g/mol. The van der Waals surface area contributed by atoms with Gasteiger partial charge in [-0.05, 0) is 29.8 Å². The third-order valence-electron chi connectivity index (χ3n) is 4.20. The van der Waals surface area contributed by atoms with Crippen LogP contribution in [-0.2, 0) is 9.09 Å². The monoisotopic (exact) mass is 406 g/mol. The van der Waals surface area contributed by atoms with Crippen LogP contribution >= 0.6 is 7.37 Å². The third kappa shape index (κ3) is 4.36. The van der Waals surface area contributed by atoms with Crippen molar-refractivity contribution in [2.75, 3.05) is 0 Å². The number of rotatable bonds is 6. The fourth-order valence-corrected chi connectivity index (χ4v) is 5.02. The Kier molecular flexibility index (Phi) is 6.04. The molecule has 2 atom stereocenters. The summed E-state index contributed by atoms with van der Waals surface area (Å²) in [5.74, 6) is 0. The van der Waals surface area contributed by atoms with Gasteiger partial charge in [-0.25, -0.2) is 0 Å². The minimum atomic E-state index is -4.95. The lowest BCUT2D eigenvalue weighted by atomic mass is 10.0. The smallest absolute Gasteiger partial charge is 0.381 e. The maximum Gasteiger partial charge on any atom is 0.417 e. The molecule has 28 heavy (non-hydrogen) atoms. The van der Waals surface area contributed by atoms with E-state index in [1.54, 1.807) is 42.5 Å². The lowest BCUT2D eigenvalue weighted by Crippen LogP contribution is -2.37. The summed E-state index contributed by atoms with van der Waals surface area (Å²) in [5.41, 5.74) is 0.0828. The van der Waals surface area contributed by atoms with Crippen molar-refractivity contribution >= 4 is 18.0 Å². The topological polar surface area (TPSA) is 46.5 Å². The van der Waals surface area contributed by atoms with Gasteiger partial charge in [0.2, 0.25) is 0 Å². The van der Waals surface area contributed by atoms with Crippen molar-refractivity contribution in [1.29, 1.82) is 0 Å². The SMILES string of the molecule is O=P(OC(c1ccccc1)C(O)C(F)(F)F)(c1ccccc1)c1ccccc1. The van der Waals surface area contributed by atoms with Gasteiger partial charge in [0.15, 0.2) is 6.10 Å². The molecule has 0 amide bonds. The summed E-state index contributed by atoms with van der Waals surface area (Å²) in [5, 5.41) is 10.5. The predicted molar refractivity (Wildman–Crippen MR) is 102 cm³/mol. The van der Waals surface area contributed by atoms with E-state index in [1.807, 2.05) is 0 Å². The number of aliphatic hydroxyl groups excluding tert-OH is 1. The highest BCUT2D eigenvalue weighted by atomic mass is 31.2. The normalized spacial score (nSPS) is 14.4. The van der Waals surface area contributed by atoms with E-state index in [-0.39, 0.29) is 16.2 Å². The first kappa shape index (κ1) is 20.3. The standard InChI is InChI=1S/C21H18F3O3P/c22-21(23,24)20(25)19(16-10-4-1-5-11-16)27-28(26,17-12-6-2-7-13-17)18-14-8-3-9-15-18/h1-15,19-20,25H. The Morgan fingerprint density at radius 2 is 1.14 bits per heavy atom. The van der Waals surface area contributed by atoms with Gasteiger partial charge in [0.25, 0.3) is 7.37 Å². The van der Waals surface area contributed by atoms with E-state index in [0.717, 1.165) is 0 Å². The molecule has 0 aliphatic carbocycles.